The van der Waals surface area contributed by atoms with Gasteiger partial charge in [-0.3, -0.25) is 9.59 Å². The van der Waals surface area contributed by atoms with Crippen molar-refractivity contribution in [1.29, 1.82) is 0 Å². The quantitative estimate of drug-likeness (QED) is 0.377. The van der Waals surface area contributed by atoms with Crippen molar-refractivity contribution in [1.82, 2.24) is 0 Å². The topological polar surface area (TPSA) is 46.6 Å². The lowest BCUT2D eigenvalue weighted by Crippen LogP contribution is -2.31. The van der Waals surface area contributed by atoms with Gasteiger partial charge in [-0.25, -0.2) is 4.90 Å². The number of benzene rings is 1. The van der Waals surface area contributed by atoms with Crippen molar-refractivity contribution in [3.05, 3.63) is 34.3 Å². The Hall–Kier alpha value is -1.09. The minimum atomic E-state index is -0.392. The number of carbonyl (C=O) groups is 2. The fourth-order valence-corrected chi connectivity index (χ4v) is 4.82. The molecule has 1 saturated heterocycles. The maximum Gasteiger partial charge on any atom is 0.241 e. The first-order chi connectivity index (χ1) is 12.5. The van der Waals surface area contributed by atoms with Gasteiger partial charge in [-0.05, 0) is 32.0 Å². The smallest absolute Gasteiger partial charge is 0.241 e. The zero-order valence-electron chi connectivity index (χ0n) is 14.8. The Labute approximate surface area is 165 Å². The number of hydrogen-bond donors (Lipinski definition) is 0. The van der Waals surface area contributed by atoms with Crippen molar-refractivity contribution in [3.8, 4) is 5.75 Å². The molecule has 3 rings (SSSR count). The van der Waals surface area contributed by atoms with E-state index in [0.717, 1.165) is 27.6 Å². The van der Waals surface area contributed by atoms with Crippen LogP contribution in [0.5, 0.6) is 5.75 Å². The molecule has 1 aliphatic heterocycles. The van der Waals surface area contributed by atoms with E-state index in [-0.39, 0.29) is 28.9 Å². The second-order valence-corrected chi connectivity index (χ2v) is 8.52. The van der Waals surface area contributed by atoms with Gasteiger partial charge in [0.1, 0.15) is 11.9 Å². The van der Waals surface area contributed by atoms with E-state index in [1.165, 1.54) is 4.90 Å². The van der Waals surface area contributed by atoms with Crippen molar-refractivity contribution in [2.24, 2.45) is 11.8 Å². The molecule has 0 radical (unpaired) electrons. The largest absolute Gasteiger partial charge is 0.488 e. The van der Waals surface area contributed by atoms with Crippen LogP contribution in [0.15, 0.2) is 24.3 Å². The van der Waals surface area contributed by atoms with Gasteiger partial charge in [0, 0.05) is 12.2 Å². The highest BCUT2D eigenvalue weighted by Crippen LogP contribution is 2.43. The molecule has 0 aromatic heterocycles. The van der Waals surface area contributed by atoms with Crippen LogP contribution in [-0.2, 0) is 9.59 Å². The molecular formula is C19H22Cl2NO3P. The van der Waals surface area contributed by atoms with Gasteiger partial charge >= 0.3 is 0 Å². The number of rotatable bonds is 6. The van der Waals surface area contributed by atoms with Crippen molar-refractivity contribution < 1.29 is 14.3 Å². The Morgan fingerprint density at radius 2 is 2.04 bits per heavy atom. The lowest BCUT2D eigenvalue weighted by Gasteiger charge is -2.21. The van der Waals surface area contributed by atoms with Crippen molar-refractivity contribution in [2.75, 3.05) is 17.7 Å². The standard InChI is InChI=1S/C19H22Cl2NO3P/c1-3-11(10-26-2)25-17-9-16(14(20)8-15(17)21)22-18(23)12-6-4-5-7-13(12)19(22)24/h4,6,8-9,11-13,26H,3,5,7,10H2,1-2H3. The monoisotopic (exact) mass is 413 g/mol. The molecule has 7 heteroatoms. The Morgan fingerprint density at radius 3 is 2.69 bits per heavy atom. The minimum Gasteiger partial charge on any atom is -0.488 e. The van der Waals surface area contributed by atoms with Crippen LogP contribution in [0.25, 0.3) is 0 Å². The Balaban J connectivity index is 1.95. The number of imide groups is 1. The number of carbonyl (C=O) groups excluding carboxylic acids is 2. The highest BCUT2D eigenvalue weighted by molar-refractivity contribution is 7.37. The number of allylic oxidation sites excluding steroid dienone is 1. The number of ether oxygens (including phenoxy) is 1. The van der Waals surface area contributed by atoms with Gasteiger partial charge in [0.05, 0.1) is 27.6 Å². The first-order valence-corrected chi connectivity index (χ1v) is 11.3. The van der Waals surface area contributed by atoms with Gasteiger partial charge in [-0.15, -0.1) is 8.58 Å². The molecule has 2 aliphatic rings. The van der Waals surface area contributed by atoms with Crippen LogP contribution in [0.2, 0.25) is 10.0 Å². The summed E-state index contributed by atoms with van der Waals surface area (Å²) < 4.78 is 6.03. The van der Waals surface area contributed by atoms with E-state index >= 15 is 0 Å². The molecule has 26 heavy (non-hydrogen) atoms. The van der Waals surface area contributed by atoms with Gasteiger partial charge in [0.2, 0.25) is 11.8 Å². The Morgan fingerprint density at radius 1 is 1.27 bits per heavy atom. The summed E-state index contributed by atoms with van der Waals surface area (Å²) in [6.45, 7) is 4.18. The normalized spacial score (nSPS) is 23.8. The van der Waals surface area contributed by atoms with E-state index < -0.39 is 5.92 Å². The zero-order valence-corrected chi connectivity index (χ0v) is 17.3. The molecule has 4 unspecified atom stereocenters. The van der Waals surface area contributed by atoms with Crippen LogP contribution >= 0.6 is 31.8 Å². The fraction of sp³-hybridized carbons (Fsp3) is 0.474. The van der Waals surface area contributed by atoms with Crippen molar-refractivity contribution in [3.63, 3.8) is 0 Å². The molecule has 0 bridgehead atoms. The van der Waals surface area contributed by atoms with Gasteiger partial charge in [0.25, 0.3) is 0 Å². The third-order valence-corrected chi connectivity index (χ3v) is 6.35. The minimum absolute atomic E-state index is 0.0420. The molecule has 140 valence electrons. The van der Waals surface area contributed by atoms with E-state index in [1.807, 2.05) is 12.2 Å². The summed E-state index contributed by atoms with van der Waals surface area (Å²) in [5.74, 6) is -0.651. The van der Waals surface area contributed by atoms with Crippen molar-refractivity contribution in [2.45, 2.75) is 32.3 Å². The average molecular weight is 414 g/mol. The van der Waals surface area contributed by atoms with Crippen LogP contribution in [0.1, 0.15) is 26.2 Å². The summed E-state index contributed by atoms with van der Waals surface area (Å²) in [4.78, 5) is 26.8. The molecule has 4 atom stereocenters. The molecule has 1 aliphatic carbocycles. The second kappa shape index (κ2) is 8.29. The number of fused-ring (bicyclic) bond motifs is 1. The molecule has 1 aromatic rings. The van der Waals surface area contributed by atoms with E-state index in [1.54, 1.807) is 12.1 Å². The van der Waals surface area contributed by atoms with Crippen LogP contribution in [0.3, 0.4) is 0 Å². The highest BCUT2D eigenvalue weighted by Gasteiger charge is 2.48. The number of halogens is 2. The zero-order chi connectivity index (χ0) is 18.8. The van der Waals surface area contributed by atoms with Gasteiger partial charge in [-0.2, -0.15) is 0 Å². The molecule has 0 N–H and O–H groups in total. The van der Waals surface area contributed by atoms with E-state index in [0.29, 0.717) is 22.9 Å². The van der Waals surface area contributed by atoms with Crippen LogP contribution in [0.4, 0.5) is 5.69 Å². The van der Waals surface area contributed by atoms with E-state index in [2.05, 4.69) is 13.6 Å². The van der Waals surface area contributed by atoms with Gasteiger partial charge in [-0.1, -0.05) is 42.3 Å². The maximum absolute atomic E-state index is 12.8. The Kier molecular flexibility index (Phi) is 6.27. The number of hydrogen-bond acceptors (Lipinski definition) is 3. The summed E-state index contributed by atoms with van der Waals surface area (Å²) in [6, 6.07) is 3.18. The molecule has 4 nitrogen and oxygen atoms in total. The van der Waals surface area contributed by atoms with Crippen molar-refractivity contribution >= 4 is 49.3 Å². The maximum atomic E-state index is 12.8. The molecule has 2 amide bonds. The molecule has 1 fully saturated rings. The first kappa shape index (κ1) is 19.7. The summed E-state index contributed by atoms with van der Waals surface area (Å²) in [5, 5.41) is 0.658. The average Bonchev–Trinajstić information content (AvgIpc) is 2.88. The van der Waals surface area contributed by atoms with E-state index in [4.69, 9.17) is 27.9 Å². The summed E-state index contributed by atoms with van der Waals surface area (Å²) in [7, 11) is 0.765. The summed E-state index contributed by atoms with van der Waals surface area (Å²) >= 11 is 12.6. The fourth-order valence-electron chi connectivity index (χ4n) is 3.48. The third kappa shape index (κ3) is 3.65. The molecule has 0 spiro atoms. The first-order valence-electron chi connectivity index (χ1n) is 8.82. The highest BCUT2D eigenvalue weighted by atomic mass is 35.5. The number of nitrogens with zero attached hydrogens (tertiary/aromatic N) is 1. The van der Waals surface area contributed by atoms with Crippen LogP contribution in [0, 0.1) is 11.8 Å². The van der Waals surface area contributed by atoms with Gasteiger partial charge < -0.3 is 4.74 Å². The number of amides is 2. The predicted octanol–water partition coefficient (Wildman–Crippen LogP) is 4.91. The number of anilines is 1. The predicted molar refractivity (Wildman–Crippen MR) is 108 cm³/mol. The lowest BCUT2D eigenvalue weighted by molar-refractivity contribution is -0.122. The SMILES string of the molecule is CCC(CPC)Oc1cc(N2C(=O)C3C=CCCC3C2=O)c(Cl)cc1Cl. The van der Waals surface area contributed by atoms with E-state index in [9.17, 15) is 9.59 Å². The molecular weight excluding hydrogens is 392 g/mol. The molecule has 1 heterocycles. The van der Waals surface area contributed by atoms with Crippen LogP contribution < -0.4 is 9.64 Å². The van der Waals surface area contributed by atoms with Gasteiger partial charge in [0.15, 0.2) is 0 Å². The molecule has 1 aromatic carbocycles. The summed E-state index contributed by atoms with van der Waals surface area (Å²) in [5.41, 5.74) is 0.359. The molecule has 0 saturated carbocycles. The Bertz CT molecular complexity index is 753. The lowest BCUT2D eigenvalue weighted by atomic mass is 9.86. The summed E-state index contributed by atoms with van der Waals surface area (Å²) in [6.07, 6.45) is 7.13. The van der Waals surface area contributed by atoms with Crippen LogP contribution in [-0.4, -0.2) is 30.7 Å². The third-order valence-electron chi connectivity index (χ3n) is 4.89. The second-order valence-electron chi connectivity index (χ2n) is 6.59.